The van der Waals surface area contributed by atoms with Crippen molar-refractivity contribution in [3.8, 4) is 12.3 Å². The van der Waals surface area contributed by atoms with Crippen LogP contribution in [0.25, 0.3) is 0 Å². The Bertz CT molecular complexity index is 488. The zero-order valence-corrected chi connectivity index (χ0v) is 10.2. The van der Waals surface area contributed by atoms with E-state index in [9.17, 15) is 9.59 Å². The number of hydrogen-bond donors (Lipinski definition) is 1. The zero-order valence-electron chi connectivity index (χ0n) is 10.2. The fraction of sp³-hybridized carbons (Fsp3) is 0.286. The number of aryl methyl sites for hydroxylation is 1. The van der Waals surface area contributed by atoms with Gasteiger partial charge in [0.1, 0.15) is 6.54 Å². The summed E-state index contributed by atoms with van der Waals surface area (Å²) in [5.74, 6) is 0.956. The van der Waals surface area contributed by atoms with E-state index in [1.54, 1.807) is 0 Å². The highest BCUT2D eigenvalue weighted by molar-refractivity contribution is 5.83. The maximum Gasteiger partial charge on any atom is 0.323 e. The first-order valence-corrected chi connectivity index (χ1v) is 5.52. The van der Waals surface area contributed by atoms with Crippen molar-refractivity contribution in [2.75, 3.05) is 13.1 Å². The Kier molecular flexibility index (Phi) is 4.94. The van der Waals surface area contributed by atoms with Gasteiger partial charge in [0.25, 0.3) is 0 Å². The molecule has 0 saturated carbocycles. The zero-order chi connectivity index (χ0) is 13.5. The summed E-state index contributed by atoms with van der Waals surface area (Å²) in [5, 5.41) is 8.72. The summed E-state index contributed by atoms with van der Waals surface area (Å²) < 4.78 is 0. The lowest BCUT2D eigenvalue weighted by atomic mass is 10.1. The van der Waals surface area contributed by atoms with Crippen LogP contribution in [0.1, 0.15) is 11.1 Å². The molecule has 4 nitrogen and oxygen atoms in total. The lowest BCUT2D eigenvalue weighted by molar-refractivity contribution is -0.143. The molecular weight excluding hydrogens is 230 g/mol. The Morgan fingerprint density at radius 2 is 2.06 bits per heavy atom. The molecule has 0 saturated heterocycles. The van der Waals surface area contributed by atoms with Gasteiger partial charge in [-0.05, 0) is 18.1 Å². The van der Waals surface area contributed by atoms with Crippen LogP contribution < -0.4 is 0 Å². The number of rotatable bonds is 5. The summed E-state index contributed by atoms with van der Waals surface area (Å²) in [7, 11) is 0. The normalized spacial score (nSPS) is 9.56. The summed E-state index contributed by atoms with van der Waals surface area (Å²) in [5.41, 5.74) is 1.89. The van der Waals surface area contributed by atoms with Gasteiger partial charge < -0.3 is 10.0 Å². The second kappa shape index (κ2) is 6.45. The number of carbonyl (C=O) groups is 2. The van der Waals surface area contributed by atoms with Crippen LogP contribution in [0.2, 0.25) is 0 Å². The van der Waals surface area contributed by atoms with Gasteiger partial charge in [-0.2, -0.15) is 0 Å². The van der Waals surface area contributed by atoms with E-state index in [4.69, 9.17) is 11.5 Å². The first-order chi connectivity index (χ1) is 8.54. The lowest BCUT2D eigenvalue weighted by Gasteiger charge is -2.18. The van der Waals surface area contributed by atoms with Crippen LogP contribution in [0, 0.1) is 19.3 Å². The monoisotopic (exact) mass is 245 g/mol. The molecule has 0 bridgehead atoms. The van der Waals surface area contributed by atoms with Gasteiger partial charge in [0.2, 0.25) is 5.91 Å². The van der Waals surface area contributed by atoms with Gasteiger partial charge in [0, 0.05) is 0 Å². The Hall–Kier alpha value is -2.28. The summed E-state index contributed by atoms with van der Waals surface area (Å²) in [6, 6.07) is 7.49. The predicted octanol–water partition coefficient (Wildman–Crippen LogP) is 1.08. The number of benzene rings is 1. The Morgan fingerprint density at radius 1 is 1.39 bits per heavy atom. The molecule has 1 aromatic rings. The Labute approximate surface area is 106 Å². The van der Waals surface area contributed by atoms with E-state index in [0.29, 0.717) is 0 Å². The summed E-state index contributed by atoms with van der Waals surface area (Å²) in [4.78, 5) is 23.8. The molecule has 4 heteroatoms. The Morgan fingerprint density at radius 3 is 2.61 bits per heavy atom. The number of carboxylic acids is 1. The highest BCUT2D eigenvalue weighted by Crippen LogP contribution is 2.09. The molecule has 0 heterocycles. The minimum Gasteiger partial charge on any atom is -0.480 e. The van der Waals surface area contributed by atoms with Crippen LogP contribution in [0.4, 0.5) is 0 Å². The van der Waals surface area contributed by atoms with Gasteiger partial charge in [-0.15, -0.1) is 6.42 Å². The quantitative estimate of drug-likeness (QED) is 0.790. The average molecular weight is 245 g/mol. The molecule has 0 aliphatic rings. The van der Waals surface area contributed by atoms with Crippen molar-refractivity contribution in [3.05, 3.63) is 35.4 Å². The molecule has 0 aromatic heterocycles. The third kappa shape index (κ3) is 3.95. The molecule has 0 radical (unpaired) electrons. The summed E-state index contributed by atoms with van der Waals surface area (Å²) in [6.07, 6.45) is 5.30. The number of carboxylic acid groups (broad SMARTS) is 1. The fourth-order valence-corrected chi connectivity index (χ4v) is 1.59. The van der Waals surface area contributed by atoms with Crippen molar-refractivity contribution in [2.45, 2.75) is 13.3 Å². The van der Waals surface area contributed by atoms with Crippen molar-refractivity contribution in [1.29, 1.82) is 0 Å². The van der Waals surface area contributed by atoms with Crippen LogP contribution in [-0.2, 0) is 16.0 Å². The van der Waals surface area contributed by atoms with Crippen molar-refractivity contribution in [2.24, 2.45) is 0 Å². The van der Waals surface area contributed by atoms with Gasteiger partial charge in [0.05, 0.1) is 13.0 Å². The van der Waals surface area contributed by atoms with Gasteiger partial charge in [-0.3, -0.25) is 9.59 Å². The molecular formula is C14H15NO3. The predicted molar refractivity (Wildman–Crippen MR) is 67.9 cm³/mol. The molecule has 0 fully saturated rings. The number of carbonyl (C=O) groups excluding carboxylic acids is 1. The van der Waals surface area contributed by atoms with Crippen molar-refractivity contribution in [3.63, 3.8) is 0 Å². The van der Waals surface area contributed by atoms with Crippen molar-refractivity contribution < 1.29 is 14.7 Å². The van der Waals surface area contributed by atoms with E-state index >= 15 is 0 Å². The molecule has 1 N–H and O–H groups in total. The van der Waals surface area contributed by atoms with Gasteiger partial charge in [-0.1, -0.05) is 30.2 Å². The SMILES string of the molecule is C#CCN(CC(=O)O)C(=O)Cc1ccccc1C. The van der Waals surface area contributed by atoms with E-state index in [2.05, 4.69) is 5.92 Å². The molecule has 1 amide bonds. The maximum absolute atomic E-state index is 12.0. The minimum atomic E-state index is -1.07. The van der Waals surface area contributed by atoms with Crippen molar-refractivity contribution in [1.82, 2.24) is 4.90 Å². The Balaban J connectivity index is 2.76. The molecule has 0 aliphatic heterocycles. The largest absolute Gasteiger partial charge is 0.480 e. The van der Waals surface area contributed by atoms with Crippen LogP contribution in [0.5, 0.6) is 0 Å². The smallest absolute Gasteiger partial charge is 0.323 e. The molecule has 1 aromatic carbocycles. The molecule has 0 atom stereocenters. The molecule has 0 aliphatic carbocycles. The van der Waals surface area contributed by atoms with Crippen LogP contribution in [0.15, 0.2) is 24.3 Å². The standard InChI is InChI=1S/C14H15NO3/c1-3-8-15(10-14(17)18)13(16)9-12-7-5-4-6-11(12)2/h1,4-7H,8-10H2,2H3,(H,17,18). The van der Waals surface area contributed by atoms with Gasteiger partial charge in [-0.25, -0.2) is 0 Å². The second-order valence-electron chi connectivity index (χ2n) is 3.95. The first-order valence-electron chi connectivity index (χ1n) is 5.52. The van der Waals surface area contributed by atoms with E-state index in [0.717, 1.165) is 16.0 Å². The number of nitrogens with zero attached hydrogens (tertiary/aromatic N) is 1. The molecule has 18 heavy (non-hydrogen) atoms. The third-order valence-corrected chi connectivity index (χ3v) is 2.56. The molecule has 94 valence electrons. The topological polar surface area (TPSA) is 57.6 Å². The highest BCUT2D eigenvalue weighted by atomic mass is 16.4. The first kappa shape index (κ1) is 13.8. The van der Waals surface area contributed by atoms with Crippen LogP contribution in [-0.4, -0.2) is 35.0 Å². The molecule has 1 rings (SSSR count). The number of amides is 1. The number of terminal acetylenes is 1. The number of aliphatic carboxylic acids is 1. The van der Waals surface area contributed by atoms with Crippen molar-refractivity contribution >= 4 is 11.9 Å². The van der Waals surface area contributed by atoms with Crippen LogP contribution in [0.3, 0.4) is 0 Å². The maximum atomic E-state index is 12.0. The average Bonchev–Trinajstić information content (AvgIpc) is 2.31. The summed E-state index contributed by atoms with van der Waals surface area (Å²) >= 11 is 0. The van der Waals surface area contributed by atoms with Crippen LogP contribution >= 0.6 is 0 Å². The van der Waals surface area contributed by atoms with Gasteiger partial charge in [0.15, 0.2) is 0 Å². The summed E-state index contributed by atoms with van der Waals surface area (Å²) in [6.45, 7) is 1.55. The minimum absolute atomic E-state index is 0.0109. The van der Waals surface area contributed by atoms with E-state index in [1.165, 1.54) is 0 Å². The fourth-order valence-electron chi connectivity index (χ4n) is 1.59. The molecule has 0 spiro atoms. The second-order valence-corrected chi connectivity index (χ2v) is 3.95. The van der Waals surface area contributed by atoms with E-state index < -0.39 is 5.97 Å². The van der Waals surface area contributed by atoms with E-state index in [-0.39, 0.29) is 25.4 Å². The van der Waals surface area contributed by atoms with E-state index in [1.807, 2.05) is 31.2 Å². The highest BCUT2D eigenvalue weighted by Gasteiger charge is 2.16. The van der Waals surface area contributed by atoms with Gasteiger partial charge >= 0.3 is 5.97 Å². The lowest BCUT2D eigenvalue weighted by Crippen LogP contribution is -2.37. The third-order valence-electron chi connectivity index (χ3n) is 2.56. The molecule has 0 unspecified atom stereocenters. The number of hydrogen-bond acceptors (Lipinski definition) is 2.